The van der Waals surface area contributed by atoms with Crippen LogP contribution in [-0.2, 0) is 6.54 Å². The first-order valence-electron chi connectivity index (χ1n) is 7.44. The standard InChI is InChI=1S/C16H26N2S/c1-19-13-7-4-10-17-14-15-8-2-3-9-16(15)18-11-5-6-12-18/h2-3,8-9,17H,4-7,10-14H2,1H3. The summed E-state index contributed by atoms with van der Waals surface area (Å²) >= 11 is 1.94. The van der Waals surface area contributed by atoms with Gasteiger partial charge in [-0.2, -0.15) is 11.8 Å². The van der Waals surface area contributed by atoms with E-state index in [1.54, 1.807) is 0 Å². The van der Waals surface area contributed by atoms with Crippen LogP contribution in [0.15, 0.2) is 24.3 Å². The van der Waals surface area contributed by atoms with E-state index in [0.29, 0.717) is 0 Å². The molecule has 0 radical (unpaired) electrons. The minimum Gasteiger partial charge on any atom is -0.371 e. The van der Waals surface area contributed by atoms with Crippen LogP contribution in [0.4, 0.5) is 5.69 Å². The maximum Gasteiger partial charge on any atom is 0.0411 e. The summed E-state index contributed by atoms with van der Waals surface area (Å²) in [7, 11) is 0. The van der Waals surface area contributed by atoms with Gasteiger partial charge in [-0.3, -0.25) is 0 Å². The van der Waals surface area contributed by atoms with Gasteiger partial charge in [-0.1, -0.05) is 18.2 Å². The van der Waals surface area contributed by atoms with Crippen LogP contribution in [0.25, 0.3) is 0 Å². The summed E-state index contributed by atoms with van der Waals surface area (Å²) in [6, 6.07) is 8.86. The molecule has 1 aliphatic rings. The molecule has 0 bridgehead atoms. The first-order chi connectivity index (χ1) is 9.42. The average molecular weight is 278 g/mol. The van der Waals surface area contributed by atoms with Gasteiger partial charge in [0.15, 0.2) is 0 Å². The molecule has 0 saturated carbocycles. The third kappa shape index (κ3) is 4.73. The minimum atomic E-state index is 1.01. The molecule has 2 nitrogen and oxygen atoms in total. The van der Waals surface area contributed by atoms with Crippen molar-refractivity contribution in [2.45, 2.75) is 32.2 Å². The lowest BCUT2D eigenvalue weighted by atomic mass is 10.1. The van der Waals surface area contributed by atoms with E-state index in [0.717, 1.165) is 13.1 Å². The van der Waals surface area contributed by atoms with Crippen molar-refractivity contribution in [1.29, 1.82) is 0 Å². The highest BCUT2D eigenvalue weighted by atomic mass is 32.2. The lowest BCUT2D eigenvalue weighted by molar-refractivity contribution is 0.643. The summed E-state index contributed by atoms with van der Waals surface area (Å²) in [5, 5.41) is 3.59. The van der Waals surface area contributed by atoms with Crippen LogP contribution in [0.2, 0.25) is 0 Å². The van der Waals surface area contributed by atoms with E-state index in [9.17, 15) is 0 Å². The predicted molar refractivity (Wildman–Crippen MR) is 87.2 cm³/mol. The fourth-order valence-corrected chi connectivity index (χ4v) is 3.14. The zero-order valence-corrected chi connectivity index (χ0v) is 12.8. The van der Waals surface area contributed by atoms with Crippen molar-refractivity contribution in [2.24, 2.45) is 0 Å². The van der Waals surface area contributed by atoms with Crippen LogP contribution in [0.1, 0.15) is 31.2 Å². The molecule has 1 N–H and O–H groups in total. The van der Waals surface area contributed by atoms with Crippen LogP contribution < -0.4 is 10.2 Å². The van der Waals surface area contributed by atoms with Gasteiger partial charge in [0.25, 0.3) is 0 Å². The van der Waals surface area contributed by atoms with E-state index in [1.165, 1.54) is 55.8 Å². The van der Waals surface area contributed by atoms with Gasteiger partial charge < -0.3 is 10.2 Å². The van der Waals surface area contributed by atoms with Gasteiger partial charge in [0.1, 0.15) is 0 Å². The molecule has 1 aromatic rings. The van der Waals surface area contributed by atoms with Crippen LogP contribution in [0.5, 0.6) is 0 Å². The van der Waals surface area contributed by atoms with Crippen molar-refractivity contribution in [1.82, 2.24) is 5.32 Å². The Morgan fingerprint density at radius 1 is 1.16 bits per heavy atom. The number of thioether (sulfide) groups is 1. The summed E-state index contributed by atoms with van der Waals surface area (Å²) in [6.45, 7) is 4.59. The summed E-state index contributed by atoms with van der Waals surface area (Å²) in [5.41, 5.74) is 2.89. The maximum absolute atomic E-state index is 3.59. The third-order valence-electron chi connectivity index (χ3n) is 3.71. The van der Waals surface area contributed by atoms with Gasteiger partial charge in [0.2, 0.25) is 0 Å². The maximum atomic E-state index is 3.59. The highest BCUT2D eigenvalue weighted by Crippen LogP contribution is 2.24. The van der Waals surface area contributed by atoms with E-state index < -0.39 is 0 Å². The zero-order valence-electron chi connectivity index (χ0n) is 12.0. The summed E-state index contributed by atoms with van der Waals surface area (Å²) in [4.78, 5) is 2.53. The van der Waals surface area contributed by atoms with Crippen LogP contribution in [-0.4, -0.2) is 31.6 Å². The lowest BCUT2D eigenvalue weighted by Gasteiger charge is -2.21. The number of para-hydroxylation sites is 1. The molecule has 3 heteroatoms. The number of hydrogen-bond acceptors (Lipinski definition) is 3. The molecular weight excluding hydrogens is 252 g/mol. The van der Waals surface area contributed by atoms with E-state index in [1.807, 2.05) is 11.8 Å². The molecule has 0 aromatic heterocycles. The normalized spacial score (nSPS) is 15.1. The van der Waals surface area contributed by atoms with Gasteiger partial charge in [-0.05, 0) is 55.9 Å². The molecule has 1 saturated heterocycles. The Bertz CT molecular complexity index is 362. The molecule has 1 aromatic carbocycles. The lowest BCUT2D eigenvalue weighted by Crippen LogP contribution is -2.22. The van der Waals surface area contributed by atoms with E-state index >= 15 is 0 Å². The van der Waals surface area contributed by atoms with Crippen LogP contribution in [0, 0.1) is 0 Å². The Labute approximate surface area is 122 Å². The first-order valence-corrected chi connectivity index (χ1v) is 8.83. The smallest absolute Gasteiger partial charge is 0.0411 e. The molecule has 19 heavy (non-hydrogen) atoms. The number of hydrogen-bond donors (Lipinski definition) is 1. The fourth-order valence-electron chi connectivity index (χ4n) is 2.65. The highest BCUT2D eigenvalue weighted by molar-refractivity contribution is 7.98. The van der Waals surface area contributed by atoms with E-state index in [2.05, 4.69) is 40.7 Å². The van der Waals surface area contributed by atoms with Gasteiger partial charge in [0, 0.05) is 25.3 Å². The minimum absolute atomic E-state index is 1.01. The number of nitrogens with zero attached hydrogens (tertiary/aromatic N) is 1. The molecule has 0 aliphatic carbocycles. The van der Waals surface area contributed by atoms with Crippen molar-refractivity contribution < 1.29 is 0 Å². The number of rotatable bonds is 8. The second-order valence-corrected chi connectivity index (χ2v) is 6.19. The topological polar surface area (TPSA) is 15.3 Å². The Morgan fingerprint density at radius 2 is 1.95 bits per heavy atom. The first kappa shape index (κ1) is 14.7. The number of unbranched alkanes of at least 4 members (excludes halogenated alkanes) is 1. The molecule has 1 heterocycles. The third-order valence-corrected chi connectivity index (χ3v) is 4.40. The highest BCUT2D eigenvalue weighted by Gasteiger charge is 2.14. The average Bonchev–Trinajstić information content (AvgIpc) is 2.97. The van der Waals surface area contributed by atoms with Crippen LogP contribution in [0.3, 0.4) is 0 Å². The number of anilines is 1. The van der Waals surface area contributed by atoms with Crippen LogP contribution >= 0.6 is 11.8 Å². The van der Waals surface area contributed by atoms with Gasteiger partial charge >= 0.3 is 0 Å². The molecular formula is C16H26N2S. The van der Waals surface area contributed by atoms with Gasteiger partial charge in [-0.15, -0.1) is 0 Å². The van der Waals surface area contributed by atoms with Crippen molar-refractivity contribution >= 4 is 17.4 Å². The predicted octanol–water partition coefficient (Wildman–Crippen LogP) is 3.52. The second kappa shape index (κ2) is 8.49. The molecule has 0 amide bonds. The monoisotopic (exact) mass is 278 g/mol. The van der Waals surface area contributed by atoms with E-state index in [-0.39, 0.29) is 0 Å². The van der Waals surface area contributed by atoms with Crippen molar-refractivity contribution in [3.63, 3.8) is 0 Å². The fraction of sp³-hybridized carbons (Fsp3) is 0.625. The van der Waals surface area contributed by atoms with E-state index in [4.69, 9.17) is 0 Å². The second-order valence-electron chi connectivity index (χ2n) is 5.20. The Morgan fingerprint density at radius 3 is 2.74 bits per heavy atom. The Balaban J connectivity index is 1.79. The van der Waals surface area contributed by atoms with Gasteiger partial charge in [0.05, 0.1) is 0 Å². The molecule has 2 rings (SSSR count). The SMILES string of the molecule is CSCCCCNCc1ccccc1N1CCCC1. The molecule has 0 spiro atoms. The Kier molecular flexibility index (Phi) is 6.58. The number of nitrogens with one attached hydrogen (secondary N) is 1. The molecule has 1 aliphatic heterocycles. The quantitative estimate of drug-likeness (QED) is 0.733. The number of benzene rings is 1. The van der Waals surface area contributed by atoms with Crippen molar-refractivity contribution in [2.75, 3.05) is 36.5 Å². The van der Waals surface area contributed by atoms with Crippen molar-refractivity contribution in [3.05, 3.63) is 29.8 Å². The molecule has 1 fully saturated rings. The zero-order chi connectivity index (χ0) is 13.3. The summed E-state index contributed by atoms with van der Waals surface area (Å²) < 4.78 is 0. The summed E-state index contributed by atoms with van der Waals surface area (Å²) in [6.07, 6.45) is 7.47. The summed E-state index contributed by atoms with van der Waals surface area (Å²) in [5.74, 6) is 1.28. The van der Waals surface area contributed by atoms with Gasteiger partial charge in [-0.25, -0.2) is 0 Å². The Hall–Kier alpha value is -0.670. The molecule has 0 atom stereocenters. The van der Waals surface area contributed by atoms with Crippen molar-refractivity contribution in [3.8, 4) is 0 Å². The largest absolute Gasteiger partial charge is 0.371 e. The molecule has 0 unspecified atom stereocenters. The molecule has 106 valence electrons.